The molecule has 0 radical (unpaired) electrons. The molecule has 112 valence electrons. The molecule has 0 aliphatic heterocycles. The van der Waals surface area contributed by atoms with Crippen LogP contribution in [0.1, 0.15) is 50.8 Å². The van der Waals surface area contributed by atoms with Crippen molar-refractivity contribution in [2.45, 2.75) is 59.0 Å². The minimum Gasteiger partial charge on any atom is -0.371 e. The fourth-order valence-corrected chi connectivity index (χ4v) is 3.12. The van der Waals surface area contributed by atoms with Gasteiger partial charge in [-0.05, 0) is 51.1 Å². The fraction of sp³-hybridized carbons (Fsp3) is 0.706. The summed E-state index contributed by atoms with van der Waals surface area (Å²) in [5.74, 6) is 0.903. The van der Waals surface area contributed by atoms with E-state index in [2.05, 4.69) is 49.1 Å². The quantitative estimate of drug-likeness (QED) is 0.891. The predicted molar refractivity (Wildman–Crippen MR) is 86.2 cm³/mol. The Morgan fingerprint density at radius 2 is 2.00 bits per heavy atom. The molecular formula is C17H29N3. The highest BCUT2D eigenvalue weighted by Gasteiger charge is 2.23. The number of aromatic nitrogens is 1. The van der Waals surface area contributed by atoms with Crippen LogP contribution < -0.4 is 10.2 Å². The Labute approximate surface area is 123 Å². The molecule has 3 nitrogen and oxygen atoms in total. The van der Waals surface area contributed by atoms with Gasteiger partial charge in [0.1, 0.15) is 0 Å². The van der Waals surface area contributed by atoms with Crippen LogP contribution in [0.4, 0.5) is 5.69 Å². The summed E-state index contributed by atoms with van der Waals surface area (Å²) in [4.78, 5) is 6.96. The van der Waals surface area contributed by atoms with E-state index in [9.17, 15) is 0 Å². The molecule has 0 atom stereocenters. The molecule has 0 bridgehead atoms. The van der Waals surface area contributed by atoms with E-state index in [1.54, 1.807) is 0 Å². The van der Waals surface area contributed by atoms with Crippen LogP contribution in [0.2, 0.25) is 0 Å². The van der Waals surface area contributed by atoms with Crippen LogP contribution in [0, 0.1) is 12.8 Å². The Balaban J connectivity index is 2.14. The molecule has 3 heteroatoms. The number of nitrogens with one attached hydrogen (secondary N) is 1. The van der Waals surface area contributed by atoms with Gasteiger partial charge in [0.25, 0.3) is 0 Å². The highest BCUT2D eigenvalue weighted by atomic mass is 15.1. The van der Waals surface area contributed by atoms with Gasteiger partial charge in [-0.1, -0.05) is 13.8 Å². The summed E-state index contributed by atoms with van der Waals surface area (Å²) in [7, 11) is 2.25. The van der Waals surface area contributed by atoms with Gasteiger partial charge in [-0.3, -0.25) is 4.98 Å². The van der Waals surface area contributed by atoms with Crippen LogP contribution in [0.25, 0.3) is 0 Å². The van der Waals surface area contributed by atoms with Crippen LogP contribution in [0.3, 0.4) is 0 Å². The Bertz CT molecular complexity index is 422. The first-order chi connectivity index (χ1) is 9.61. The third-order valence-corrected chi connectivity index (χ3v) is 4.58. The molecule has 1 aliphatic rings. The normalized spacial score (nSPS) is 22.8. The van der Waals surface area contributed by atoms with E-state index >= 15 is 0 Å². The molecule has 0 unspecified atom stereocenters. The van der Waals surface area contributed by atoms with Crippen molar-refractivity contribution < 1.29 is 0 Å². The molecular weight excluding hydrogens is 246 g/mol. The lowest BCUT2D eigenvalue weighted by Gasteiger charge is -2.36. The monoisotopic (exact) mass is 275 g/mol. The van der Waals surface area contributed by atoms with Crippen molar-refractivity contribution in [1.29, 1.82) is 0 Å². The van der Waals surface area contributed by atoms with Crippen molar-refractivity contribution in [3.8, 4) is 0 Å². The molecule has 0 aromatic carbocycles. The zero-order chi connectivity index (χ0) is 14.5. The first-order valence-corrected chi connectivity index (χ1v) is 8.00. The van der Waals surface area contributed by atoms with Gasteiger partial charge in [0.15, 0.2) is 0 Å². The molecule has 1 saturated carbocycles. The predicted octanol–water partition coefficient (Wildman–Crippen LogP) is 3.51. The highest BCUT2D eigenvalue weighted by Crippen LogP contribution is 2.31. The van der Waals surface area contributed by atoms with Crippen LogP contribution >= 0.6 is 0 Å². The first-order valence-electron chi connectivity index (χ1n) is 8.00. The Hall–Kier alpha value is -1.09. The van der Waals surface area contributed by atoms with Crippen molar-refractivity contribution in [3.05, 3.63) is 23.5 Å². The van der Waals surface area contributed by atoms with E-state index in [0.29, 0.717) is 6.04 Å². The highest BCUT2D eigenvalue weighted by molar-refractivity contribution is 5.54. The topological polar surface area (TPSA) is 28.2 Å². The molecule has 1 aromatic rings. The average Bonchev–Trinajstić information content (AvgIpc) is 2.46. The Morgan fingerprint density at radius 1 is 1.30 bits per heavy atom. The second-order valence-corrected chi connectivity index (χ2v) is 6.26. The van der Waals surface area contributed by atoms with E-state index in [1.807, 2.05) is 6.20 Å². The SMILES string of the molecule is CCNCc1cnc(C)cc1N(C)C1CCC(C)CC1. The van der Waals surface area contributed by atoms with Crippen molar-refractivity contribution in [1.82, 2.24) is 10.3 Å². The standard InChI is InChI=1S/C17H29N3/c1-5-18-11-15-12-19-14(3)10-17(15)20(4)16-8-6-13(2)7-9-16/h10,12-13,16,18H,5-9,11H2,1-4H3. The van der Waals surface area contributed by atoms with Crippen molar-refractivity contribution in [2.24, 2.45) is 5.92 Å². The van der Waals surface area contributed by atoms with Crippen LogP contribution in [0.5, 0.6) is 0 Å². The van der Waals surface area contributed by atoms with Crippen LogP contribution in [-0.2, 0) is 6.54 Å². The van der Waals surface area contributed by atoms with E-state index in [-0.39, 0.29) is 0 Å². The number of hydrogen-bond acceptors (Lipinski definition) is 3. The maximum atomic E-state index is 4.47. The molecule has 1 fully saturated rings. The lowest BCUT2D eigenvalue weighted by atomic mass is 9.86. The maximum absolute atomic E-state index is 4.47. The van der Waals surface area contributed by atoms with Gasteiger partial charge in [-0.25, -0.2) is 0 Å². The summed E-state index contributed by atoms with van der Waals surface area (Å²) in [5, 5.41) is 3.42. The van der Waals surface area contributed by atoms with E-state index < -0.39 is 0 Å². The third kappa shape index (κ3) is 3.72. The number of aryl methyl sites for hydroxylation is 1. The van der Waals surface area contributed by atoms with Gasteiger partial charge >= 0.3 is 0 Å². The molecule has 20 heavy (non-hydrogen) atoms. The van der Waals surface area contributed by atoms with Crippen molar-refractivity contribution in [3.63, 3.8) is 0 Å². The Morgan fingerprint density at radius 3 is 2.65 bits per heavy atom. The number of pyridine rings is 1. The molecule has 1 aliphatic carbocycles. The lowest BCUT2D eigenvalue weighted by Crippen LogP contribution is -2.35. The van der Waals surface area contributed by atoms with Gasteiger partial charge in [0, 0.05) is 42.8 Å². The number of nitrogens with zero attached hydrogens (tertiary/aromatic N) is 2. The molecule has 2 rings (SSSR count). The van der Waals surface area contributed by atoms with E-state index in [1.165, 1.54) is 36.9 Å². The lowest BCUT2D eigenvalue weighted by molar-refractivity contribution is 0.340. The van der Waals surface area contributed by atoms with Crippen LogP contribution in [0.15, 0.2) is 12.3 Å². The van der Waals surface area contributed by atoms with Crippen molar-refractivity contribution >= 4 is 5.69 Å². The summed E-state index contributed by atoms with van der Waals surface area (Å²) in [6, 6.07) is 2.93. The van der Waals surface area contributed by atoms with E-state index in [0.717, 1.165) is 24.7 Å². The molecule has 1 N–H and O–H groups in total. The summed E-state index contributed by atoms with van der Waals surface area (Å²) in [5.41, 5.74) is 3.79. The van der Waals surface area contributed by atoms with Gasteiger partial charge in [-0.15, -0.1) is 0 Å². The van der Waals surface area contributed by atoms with Gasteiger partial charge in [-0.2, -0.15) is 0 Å². The molecule has 1 heterocycles. The number of hydrogen-bond donors (Lipinski definition) is 1. The number of anilines is 1. The van der Waals surface area contributed by atoms with E-state index in [4.69, 9.17) is 0 Å². The Kier molecular flexibility index (Phi) is 5.41. The van der Waals surface area contributed by atoms with Gasteiger partial charge in [0.2, 0.25) is 0 Å². The van der Waals surface area contributed by atoms with Gasteiger partial charge < -0.3 is 10.2 Å². The van der Waals surface area contributed by atoms with Crippen molar-refractivity contribution in [2.75, 3.05) is 18.5 Å². The fourth-order valence-electron chi connectivity index (χ4n) is 3.12. The first kappa shape index (κ1) is 15.3. The summed E-state index contributed by atoms with van der Waals surface area (Å²) in [6.07, 6.45) is 7.40. The van der Waals surface area contributed by atoms with Gasteiger partial charge in [0.05, 0.1) is 0 Å². The molecule has 0 spiro atoms. The second kappa shape index (κ2) is 7.07. The molecule has 1 aromatic heterocycles. The maximum Gasteiger partial charge on any atom is 0.0445 e. The van der Waals surface area contributed by atoms with Crippen LogP contribution in [-0.4, -0.2) is 24.6 Å². The summed E-state index contributed by atoms with van der Waals surface area (Å²) >= 11 is 0. The second-order valence-electron chi connectivity index (χ2n) is 6.26. The summed E-state index contributed by atoms with van der Waals surface area (Å²) < 4.78 is 0. The largest absolute Gasteiger partial charge is 0.371 e. The molecule has 0 amide bonds. The zero-order valence-electron chi connectivity index (χ0n) is 13.4. The average molecular weight is 275 g/mol. The smallest absolute Gasteiger partial charge is 0.0445 e. The minimum atomic E-state index is 0.688. The number of rotatable bonds is 5. The third-order valence-electron chi connectivity index (χ3n) is 4.58. The minimum absolute atomic E-state index is 0.688. The summed E-state index contributed by atoms with van der Waals surface area (Å²) in [6.45, 7) is 8.51. The zero-order valence-corrected chi connectivity index (χ0v) is 13.4. The molecule has 0 saturated heterocycles.